The summed E-state index contributed by atoms with van der Waals surface area (Å²) in [5, 5.41) is 3.16. The molecule has 7 nitrogen and oxygen atoms in total. The molecular formula is C31H36FN5O2. The molecule has 204 valence electrons. The number of hydrogen-bond acceptors (Lipinski definition) is 6. The topological polar surface area (TPSA) is 72.3 Å². The highest BCUT2D eigenvalue weighted by Crippen LogP contribution is 2.31. The minimum atomic E-state index is -0.332. The first-order valence-corrected chi connectivity index (χ1v) is 13.6. The maximum Gasteiger partial charge on any atom is 0.208 e. The predicted molar refractivity (Wildman–Crippen MR) is 152 cm³/mol. The Kier molecular flexibility index (Phi) is 7.66. The lowest BCUT2D eigenvalue weighted by atomic mass is 9.87. The normalized spacial score (nSPS) is 14.5. The van der Waals surface area contributed by atoms with Gasteiger partial charge in [-0.15, -0.1) is 0 Å². The summed E-state index contributed by atoms with van der Waals surface area (Å²) in [6, 6.07) is 14.4. The van der Waals surface area contributed by atoms with Crippen LogP contribution in [-0.2, 0) is 23.7 Å². The fourth-order valence-electron chi connectivity index (χ4n) is 4.94. The van der Waals surface area contributed by atoms with E-state index in [9.17, 15) is 9.18 Å². The number of ketones is 1. The van der Waals surface area contributed by atoms with Crippen LogP contribution in [0.4, 0.5) is 16.0 Å². The van der Waals surface area contributed by atoms with E-state index in [2.05, 4.69) is 36.0 Å². The van der Waals surface area contributed by atoms with Gasteiger partial charge < -0.3 is 14.6 Å². The number of rotatable bonds is 8. The minimum absolute atomic E-state index is 0.101. The number of halogens is 1. The molecule has 0 radical (unpaired) electrons. The number of fused-ring (bicyclic) bond motifs is 1. The standard InChI is InChI=1S/C31H36FN5O2/c1-31(2,3)21-8-10-26(32)27(16-21)34-30-35-28-19-24(9-11-29(28)36(30)4)39-25-12-13-33-22(18-25)17-23(38)20-37-14-6-5-7-15-37/h8-13,16,18-19H,5-7,14-15,17,20H2,1-4H3,(H,34,35). The van der Waals surface area contributed by atoms with E-state index in [4.69, 9.17) is 9.72 Å². The van der Waals surface area contributed by atoms with Crippen molar-refractivity contribution in [1.29, 1.82) is 0 Å². The SMILES string of the molecule is Cn1c(Nc2cc(C(C)(C)C)ccc2F)nc2cc(Oc3ccnc(CC(=O)CN4CCCCC4)c3)ccc21. The number of nitrogens with one attached hydrogen (secondary N) is 1. The van der Waals surface area contributed by atoms with Gasteiger partial charge in [0.05, 0.1) is 35.4 Å². The number of imidazole rings is 1. The Morgan fingerprint density at radius 3 is 2.56 bits per heavy atom. The Morgan fingerprint density at radius 1 is 1.03 bits per heavy atom. The van der Waals surface area contributed by atoms with E-state index in [1.54, 1.807) is 12.3 Å². The zero-order chi connectivity index (χ0) is 27.6. The third-order valence-electron chi connectivity index (χ3n) is 7.18. The van der Waals surface area contributed by atoms with Crippen LogP contribution in [0.25, 0.3) is 11.0 Å². The summed E-state index contributed by atoms with van der Waals surface area (Å²) in [5.74, 6) is 1.60. The molecule has 0 bridgehead atoms. The fourth-order valence-corrected chi connectivity index (χ4v) is 4.94. The Labute approximate surface area is 229 Å². The first-order chi connectivity index (χ1) is 18.7. The predicted octanol–water partition coefficient (Wildman–Crippen LogP) is 6.54. The second-order valence-electron chi connectivity index (χ2n) is 11.4. The van der Waals surface area contributed by atoms with Crippen LogP contribution in [0.2, 0.25) is 0 Å². The zero-order valence-electron chi connectivity index (χ0n) is 23.1. The van der Waals surface area contributed by atoms with Crippen LogP contribution in [-0.4, -0.2) is 44.9 Å². The number of carbonyl (C=O) groups is 1. The second-order valence-corrected chi connectivity index (χ2v) is 11.4. The van der Waals surface area contributed by atoms with E-state index >= 15 is 0 Å². The number of anilines is 2. The minimum Gasteiger partial charge on any atom is -0.457 e. The zero-order valence-corrected chi connectivity index (χ0v) is 23.1. The Hall–Kier alpha value is -3.78. The van der Waals surface area contributed by atoms with Crippen molar-refractivity contribution in [3.63, 3.8) is 0 Å². The second kappa shape index (κ2) is 11.1. The quantitative estimate of drug-likeness (QED) is 0.280. The molecule has 0 saturated carbocycles. The molecule has 2 aromatic carbocycles. The van der Waals surface area contributed by atoms with E-state index in [-0.39, 0.29) is 23.4 Å². The molecule has 0 unspecified atom stereocenters. The highest BCUT2D eigenvalue weighted by molar-refractivity contribution is 5.83. The number of aromatic nitrogens is 3. The Bertz CT molecular complexity index is 1480. The third-order valence-corrected chi connectivity index (χ3v) is 7.18. The van der Waals surface area contributed by atoms with Crippen LogP contribution in [0, 0.1) is 5.82 Å². The van der Waals surface area contributed by atoms with Gasteiger partial charge in [0.1, 0.15) is 17.3 Å². The largest absolute Gasteiger partial charge is 0.457 e. The molecule has 1 aliphatic heterocycles. The molecule has 1 aliphatic rings. The Balaban J connectivity index is 1.29. The van der Waals surface area contributed by atoms with Crippen molar-refractivity contribution in [3.8, 4) is 11.5 Å². The number of aryl methyl sites for hydroxylation is 1. The van der Waals surface area contributed by atoms with Gasteiger partial charge in [-0.3, -0.25) is 14.7 Å². The van der Waals surface area contributed by atoms with Crippen LogP contribution in [0.1, 0.15) is 51.3 Å². The molecule has 8 heteroatoms. The van der Waals surface area contributed by atoms with E-state index in [1.807, 2.05) is 48.0 Å². The van der Waals surface area contributed by atoms with Gasteiger partial charge in [-0.25, -0.2) is 9.37 Å². The summed E-state index contributed by atoms with van der Waals surface area (Å²) in [6.07, 6.45) is 5.52. The van der Waals surface area contributed by atoms with Crippen molar-refractivity contribution in [2.24, 2.45) is 7.05 Å². The maximum atomic E-state index is 14.6. The molecule has 0 aliphatic carbocycles. The molecule has 0 amide bonds. The maximum absolute atomic E-state index is 14.6. The highest BCUT2D eigenvalue weighted by Gasteiger charge is 2.18. The van der Waals surface area contributed by atoms with Crippen molar-refractivity contribution in [2.45, 2.75) is 51.9 Å². The third kappa shape index (κ3) is 6.45. The smallest absolute Gasteiger partial charge is 0.208 e. The number of carbonyl (C=O) groups excluding carboxylic acids is 1. The molecule has 1 N–H and O–H groups in total. The van der Waals surface area contributed by atoms with Crippen LogP contribution in [0.3, 0.4) is 0 Å². The van der Waals surface area contributed by atoms with Crippen molar-refractivity contribution >= 4 is 28.5 Å². The number of Topliss-reactive ketones (excluding diaryl/α,β-unsaturated/α-hetero) is 1. The average Bonchev–Trinajstić information content (AvgIpc) is 3.19. The number of benzene rings is 2. The lowest BCUT2D eigenvalue weighted by Gasteiger charge is -2.25. The van der Waals surface area contributed by atoms with E-state index in [1.165, 1.54) is 12.5 Å². The van der Waals surface area contributed by atoms with Gasteiger partial charge in [-0.05, 0) is 67.2 Å². The van der Waals surface area contributed by atoms with Gasteiger partial charge in [-0.2, -0.15) is 0 Å². The van der Waals surface area contributed by atoms with Crippen LogP contribution in [0.5, 0.6) is 11.5 Å². The van der Waals surface area contributed by atoms with Crippen LogP contribution >= 0.6 is 0 Å². The molecule has 5 rings (SSSR count). The molecule has 3 heterocycles. The summed E-state index contributed by atoms with van der Waals surface area (Å²) >= 11 is 0. The number of likely N-dealkylation sites (tertiary alicyclic amines) is 1. The fraction of sp³-hybridized carbons (Fsp3) is 0.387. The summed E-state index contributed by atoms with van der Waals surface area (Å²) < 4.78 is 22.6. The average molecular weight is 530 g/mol. The van der Waals surface area contributed by atoms with Gasteiger partial charge in [0.25, 0.3) is 0 Å². The monoisotopic (exact) mass is 529 g/mol. The van der Waals surface area contributed by atoms with Crippen molar-refractivity contribution in [2.75, 3.05) is 25.0 Å². The van der Waals surface area contributed by atoms with Gasteiger partial charge in [0.15, 0.2) is 5.78 Å². The van der Waals surface area contributed by atoms with Gasteiger partial charge in [0.2, 0.25) is 5.95 Å². The molecule has 1 fully saturated rings. The first-order valence-electron chi connectivity index (χ1n) is 13.6. The first kappa shape index (κ1) is 26.8. The number of nitrogens with zero attached hydrogens (tertiary/aromatic N) is 4. The van der Waals surface area contributed by atoms with Crippen molar-refractivity contribution < 1.29 is 13.9 Å². The molecule has 4 aromatic rings. The molecule has 1 saturated heterocycles. The Morgan fingerprint density at radius 2 is 1.79 bits per heavy atom. The van der Waals surface area contributed by atoms with E-state index < -0.39 is 0 Å². The van der Waals surface area contributed by atoms with Crippen LogP contribution < -0.4 is 10.1 Å². The highest BCUT2D eigenvalue weighted by atomic mass is 19.1. The number of piperidine rings is 1. The van der Waals surface area contributed by atoms with Gasteiger partial charge in [-0.1, -0.05) is 33.3 Å². The lowest BCUT2D eigenvalue weighted by Crippen LogP contribution is -2.35. The number of hydrogen-bond donors (Lipinski definition) is 1. The van der Waals surface area contributed by atoms with Crippen LogP contribution in [0.15, 0.2) is 54.7 Å². The summed E-state index contributed by atoms with van der Waals surface area (Å²) in [4.78, 5) is 23.9. The number of pyridine rings is 1. The van der Waals surface area contributed by atoms with E-state index in [0.29, 0.717) is 35.4 Å². The molecular weight excluding hydrogens is 493 g/mol. The van der Waals surface area contributed by atoms with Crippen molar-refractivity contribution in [3.05, 3.63) is 71.8 Å². The summed E-state index contributed by atoms with van der Waals surface area (Å²) in [5.41, 5.74) is 3.62. The molecule has 39 heavy (non-hydrogen) atoms. The van der Waals surface area contributed by atoms with Gasteiger partial charge >= 0.3 is 0 Å². The summed E-state index contributed by atoms with van der Waals surface area (Å²) in [7, 11) is 1.89. The summed E-state index contributed by atoms with van der Waals surface area (Å²) in [6.45, 7) is 8.76. The molecule has 2 aromatic heterocycles. The van der Waals surface area contributed by atoms with Crippen molar-refractivity contribution in [1.82, 2.24) is 19.4 Å². The van der Waals surface area contributed by atoms with Gasteiger partial charge in [0, 0.05) is 25.4 Å². The molecule has 0 atom stereocenters. The number of ether oxygens (including phenoxy) is 1. The molecule has 0 spiro atoms. The van der Waals surface area contributed by atoms with E-state index in [0.717, 1.165) is 42.5 Å². The lowest BCUT2D eigenvalue weighted by molar-refractivity contribution is -0.119.